The molecule has 10 heteroatoms. The van der Waals surface area contributed by atoms with Crippen LogP contribution in [0.3, 0.4) is 0 Å². The van der Waals surface area contributed by atoms with Crippen LogP contribution in [0.1, 0.15) is 67.9 Å². The zero-order chi connectivity index (χ0) is 25.1. The van der Waals surface area contributed by atoms with Crippen LogP contribution in [0.25, 0.3) is 0 Å². The van der Waals surface area contributed by atoms with Gasteiger partial charge in [0.2, 0.25) is 11.8 Å². The third-order valence-electron chi connectivity index (χ3n) is 7.39. The Morgan fingerprint density at radius 2 is 1.91 bits per heavy atom. The number of benzene rings is 1. The summed E-state index contributed by atoms with van der Waals surface area (Å²) in [7, 11) is 1.53. The van der Waals surface area contributed by atoms with E-state index in [0.717, 1.165) is 11.1 Å². The van der Waals surface area contributed by atoms with Crippen molar-refractivity contribution in [3.63, 3.8) is 0 Å². The molecule has 0 unspecified atom stereocenters. The molecule has 2 fully saturated rings. The van der Waals surface area contributed by atoms with Gasteiger partial charge in [0.15, 0.2) is 0 Å². The Kier molecular flexibility index (Phi) is 5.45. The highest BCUT2D eigenvalue weighted by Gasteiger charge is 2.49. The smallest absolute Gasteiger partial charge is 0.410 e. The lowest BCUT2D eigenvalue weighted by Crippen LogP contribution is -2.52. The summed E-state index contributed by atoms with van der Waals surface area (Å²) >= 11 is 0. The Labute approximate surface area is 203 Å². The first-order valence-corrected chi connectivity index (χ1v) is 12.0. The highest BCUT2D eigenvalue weighted by atomic mass is 16.6. The summed E-state index contributed by atoms with van der Waals surface area (Å²) in [5.74, 6) is 0.0629. The van der Waals surface area contributed by atoms with Gasteiger partial charge < -0.3 is 24.0 Å². The minimum atomic E-state index is -0.708. The number of carbonyl (C=O) groups excluding carboxylic acids is 4. The summed E-state index contributed by atoms with van der Waals surface area (Å²) < 4.78 is 17.4. The summed E-state index contributed by atoms with van der Waals surface area (Å²) in [6, 6.07) is 1.18. The number of fused-ring (bicyclic) bond motifs is 4. The largest absolute Gasteiger partial charge is 0.496 e. The molecule has 0 aromatic heterocycles. The van der Waals surface area contributed by atoms with Crippen molar-refractivity contribution >= 4 is 23.8 Å². The third-order valence-corrected chi connectivity index (χ3v) is 7.39. The second kappa shape index (κ2) is 8.13. The normalized spacial score (nSPS) is 23.1. The molecule has 4 amide bonds. The Morgan fingerprint density at radius 3 is 2.54 bits per heavy atom. The SMILES string of the molecule is COc1cc2c(c3c1C(=O)N([C@@H]1CCC(=O)NC1=O)C3)OCC21CCN(C(=O)OC(C)(C)C)CC1. The molecule has 1 N–H and O–H groups in total. The van der Waals surface area contributed by atoms with Crippen molar-refractivity contribution < 1.29 is 33.4 Å². The van der Waals surface area contributed by atoms with Crippen LogP contribution in [0.4, 0.5) is 4.79 Å². The number of ether oxygens (including phenoxy) is 3. The quantitative estimate of drug-likeness (QED) is 0.638. The van der Waals surface area contributed by atoms with E-state index in [4.69, 9.17) is 14.2 Å². The summed E-state index contributed by atoms with van der Waals surface area (Å²) in [6.45, 7) is 7.31. The van der Waals surface area contributed by atoms with Gasteiger partial charge in [-0.3, -0.25) is 19.7 Å². The van der Waals surface area contributed by atoms with E-state index in [1.165, 1.54) is 12.0 Å². The van der Waals surface area contributed by atoms with Crippen molar-refractivity contribution in [3.05, 3.63) is 22.8 Å². The van der Waals surface area contributed by atoms with Crippen LogP contribution >= 0.6 is 0 Å². The fourth-order valence-corrected chi connectivity index (χ4v) is 5.56. The number of likely N-dealkylation sites (tertiary alicyclic amines) is 1. The van der Waals surface area contributed by atoms with Gasteiger partial charge in [-0.1, -0.05) is 0 Å². The zero-order valence-electron chi connectivity index (χ0n) is 20.6. The number of hydrogen-bond acceptors (Lipinski definition) is 7. The van der Waals surface area contributed by atoms with E-state index >= 15 is 0 Å². The molecule has 35 heavy (non-hydrogen) atoms. The summed E-state index contributed by atoms with van der Waals surface area (Å²) in [6.07, 6.45) is 1.57. The molecule has 4 aliphatic rings. The highest BCUT2D eigenvalue weighted by molar-refractivity contribution is 6.07. The molecule has 0 saturated carbocycles. The number of carbonyl (C=O) groups is 4. The van der Waals surface area contributed by atoms with Crippen molar-refractivity contribution in [3.8, 4) is 11.5 Å². The first kappa shape index (κ1) is 23.4. The Balaban J connectivity index is 1.41. The van der Waals surface area contributed by atoms with Gasteiger partial charge in [-0.15, -0.1) is 0 Å². The molecular weight excluding hydrogens is 454 g/mol. The second-order valence-electron chi connectivity index (χ2n) is 10.7. The summed E-state index contributed by atoms with van der Waals surface area (Å²) in [4.78, 5) is 53.2. The lowest BCUT2D eigenvalue weighted by Gasteiger charge is -2.39. The average molecular weight is 486 g/mol. The molecule has 2 saturated heterocycles. The molecular formula is C25H31N3O7. The molecule has 1 spiro atoms. The van der Waals surface area contributed by atoms with Crippen LogP contribution in [-0.2, 0) is 26.3 Å². The van der Waals surface area contributed by atoms with Gasteiger partial charge in [0.25, 0.3) is 5.91 Å². The predicted octanol–water partition coefficient (Wildman–Crippen LogP) is 2.12. The van der Waals surface area contributed by atoms with E-state index in [9.17, 15) is 19.2 Å². The van der Waals surface area contributed by atoms with E-state index < -0.39 is 17.6 Å². The maximum absolute atomic E-state index is 13.4. The number of piperidine rings is 2. The minimum absolute atomic E-state index is 0.194. The van der Waals surface area contributed by atoms with Gasteiger partial charge in [0.05, 0.1) is 25.8 Å². The zero-order valence-corrected chi connectivity index (χ0v) is 20.6. The number of amides is 4. The Hall–Kier alpha value is -3.30. The molecule has 0 bridgehead atoms. The van der Waals surface area contributed by atoms with Crippen molar-refractivity contribution in [1.82, 2.24) is 15.1 Å². The number of methoxy groups -OCH3 is 1. The van der Waals surface area contributed by atoms with Gasteiger partial charge in [-0.25, -0.2) is 4.79 Å². The van der Waals surface area contributed by atoms with Gasteiger partial charge in [-0.05, 0) is 46.1 Å². The van der Waals surface area contributed by atoms with Crippen LogP contribution in [0, 0.1) is 0 Å². The predicted molar refractivity (Wildman–Crippen MR) is 123 cm³/mol. The number of nitrogens with one attached hydrogen (secondary N) is 1. The Bertz CT molecular complexity index is 1120. The van der Waals surface area contributed by atoms with Crippen molar-refractivity contribution in [1.29, 1.82) is 0 Å². The number of nitrogens with zero attached hydrogens (tertiary/aromatic N) is 2. The minimum Gasteiger partial charge on any atom is -0.496 e. The van der Waals surface area contributed by atoms with Crippen LogP contribution in [0.15, 0.2) is 6.07 Å². The van der Waals surface area contributed by atoms with E-state index in [2.05, 4.69) is 5.32 Å². The standard InChI is InChI=1S/C25H31N3O7/c1-24(2,3)35-23(32)27-9-7-25(8-10-27)13-34-20-14-12-28(16-5-6-18(29)26-21(16)30)22(31)19(14)17(33-4)11-15(20)25/h11,16H,5-10,12-13H2,1-4H3,(H,26,29,30)/t16-/m1/s1. The van der Waals surface area contributed by atoms with E-state index in [-0.39, 0.29) is 36.3 Å². The Morgan fingerprint density at radius 1 is 1.20 bits per heavy atom. The summed E-state index contributed by atoms with van der Waals surface area (Å²) in [5, 5.41) is 2.33. The molecule has 188 valence electrons. The van der Waals surface area contributed by atoms with Gasteiger partial charge in [0, 0.05) is 36.1 Å². The molecule has 5 rings (SSSR count). The van der Waals surface area contributed by atoms with Crippen LogP contribution in [0.5, 0.6) is 11.5 Å². The molecule has 1 atom stereocenters. The molecule has 0 aliphatic carbocycles. The van der Waals surface area contributed by atoms with Crippen LogP contribution in [0.2, 0.25) is 0 Å². The van der Waals surface area contributed by atoms with Crippen molar-refractivity contribution in [2.45, 2.75) is 70.1 Å². The number of imide groups is 1. The topological polar surface area (TPSA) is 114 Å². The van der Waals surface area contributed by atoms with Crippen LogP contribution in [-0.4, -0.2) is 72.1 Å². The number of rotatable bonds is 2. The number of hydrogen-bond donors (Lipinski definition) is 1. The molecule has 0 radical (unpaired) electrons. The van der Waals surface area contributed by atoms with E-state index in [1.54, 1.807) is 4.90 Å². The molecule has 1 aromatic carbocycles. The van der Waals surface area contributed by atoms with E-state index in [0.29, 0.717) is 56.0 Å². The first-order valence-electron chi connectivity index (χ1n) is 12.0. The molecule has 1 aromatic rings. The van der Waals surface area contributed by atoms with E-state index in [1.807, 2.05) is 26.8 Å². The van der Waals surface area contributed by atoms with Gasteiger partial charge in [0.1, 0.15) is 23.1 Å². The third kappa shape index (κ3) is 3.88. The average Bonchev–Trinajstić information content (AvgIpc) is 3.31. The fraction of sp³-hybridized carbons (Fsp3) is 0.600. The first-order chi connectivity index (χ1) is 16.5. The molecule has 4 aliphatic heterocycles. The monoisotopic (exact) mass is 485 g/mol. The second-order valence-corrected chi connectivity index (χ2v) is 10.7. The van der Waals surface area contributed by atoms with Crippen molar-refractivity contribution in [2.75, 3.05) is 26.8 Å². The lowest BCUT2D eigenvalue weighted by molar-refractivity contribution is -0.136. The molecule has 4 heterocycles. The summed E-state index contributed by atoms with van der Waals surface area (Å²) in [5.41, 5.74) is 1.28. The fourth-order valence-electron chi connectivity index (χ4n) is 5.56. The lowest BCUT2D eigenvalue weighted by atomic mass is 9.73. The van der Waals surface area contributed by atoms with Gasteiger partial charge in [-0.2, -0.15) is 0 Å². The molecule has 10 nitrogen and oxygen atoms in total. The highest BCUT2D eigenvalue weighted by Crippen LogP contribution is 2.52. The van der Waals surface area contributed by atoms with Crippen LogP contribution < -0.4 is 14.8 Å². The maximum atomic E-state index is 13.4. The van der Waals surface area contributed by atoms with Crippen molar-refractivity contribution in [2.24, 2.45) is 0 Å². The van der Waals surface area contributed by atoms with Gasteiger partial charge >= 0.3 is 6.09 Å². The maximum Gasteiger partial charge on any atom is 0.410 e.